The van der Waals surface area contributed by atoms with E-state index in [4.69, 9.17) is 32.4 Å². The molecule has 2 aromatic heterocycles. The molecule has 0 unspecified atom stereocenters. The average molecular weight is 456 g/mol. The summed E-state index contributed by atoms with van der Waals surface area (Å²) in [7, 11) is 0. The van der Waals surface area contributed by atoms with Crippen molar-refractivity contribution in [1.82, 2.24) is 15.3 Å². The first-order valence-corrected chi connectivity index (χ1v) is 10.2. The fourth-order valence-corrected chi connectivity index (χ4v) is 4.15. The number of nitrogens with zero attached hydrogens (tertiary/aromatic N) is 1. The van der Waals surface area contributed by atoms with E-state index >= 15 is 0 Å². The van der Waals surface area contributed by atoms with Crippen LogP contribution in [0.3, 0.4) is 0 Å². The highest BCUT2D eigenvalue weighted by molar-refractivity contribution is 6.42. The van der Waals surface area contributed by atoms with Crippen molar-refractivity contribution in [3.8, 4) is 5.75 Å². The number of oxazole rings is 1. The van der Waals surface area contributed by atoms with Crippen LogP contribution >= 0.6 is 23.2 Å². The molecule has 1 amide bonds. The minimum absolute atomic E-state index is 0.298. The molecule has 1 atom stereocenters. The van der Waals surface area contributed by atoms with Gasteiger partial charge in [0.2, 0.25) is 0 Å². The maximum Gasteiger partial charge on any atom is 0.417 e. The summed E-state index contributed by atoms with van der Waals surface area (Å²) in [6, 6.07) is 13.6. The van der Waals surface area contributed by atoms with Gasteiger partial charge in [0.25, 0.3) is 5.91 Å². The second kappa shape index (κ2) is 7.44. The van der Waals surface area contributed by atoms with Crippen LogP contribution in [-0.4, -0.2) is 22.5 Å². The molecule has 31 heavy (non-hydrogen) atoms. The summed E-state index contributed by atoms with van der Waals surface area (Å²) in [5.41, 5.74) is 1.45. The minimum atomic E-state index is -0.992. The second-order valence-corrected chi connectivity index (χ2v) is 7.98. The first-order chi connectivity index (χ1) is 15.0. The first-order valence-electron chi connectivity index (χ1n) is 9.45. The monoisotopic (exact) mass is 455 g/mol. The van der Waals surface area contributed by atoms with Crippen LogP contribution in [0.15, 0.2) is 63.9 Å². The zero-order chi connectivity index (χ0) is 21.6. The van der Waals surface area contributed by atoms with Crippen molar-refractivity contribution in [3.63, 3.8) is 0 Å². The second-order valence-electron chi connectivity index (χ2n) is 7.16. The van der Waals surface area contributed by atoms with Gasteiger partial charge in [0.05, 0.1) is 22.2 Å². The maximum atomic E-state index is 13.3. The Labute approximate surface area is 186 Å². The van der Waals surface area contributed by atoms with Crippen LogP contribution < -0.4 is 15.8 Å². The van der Waals surface area contributed by atoms with Gasteiger partial charge in [0.15, 0.2) is 5.58 Å². The molecule has 0 bridgehead atoms. The van der Waals surface area contributed by atoms with Crippen molar-refractivity contribution in [2.24, 2.45) is 0 Å². The number of carbonyl (C=O) groups is 1. The molecular weight excluding hydrogens is 441 g/mol. The van der Waals surface area contributed by atoms with Crippen molar-refractivity contribution in [2.75, 3.05) is 6.61 Å². The van der Waals surface area contributed by atoms with Gasteiger partial charge in [-0.25, -0.2) is 4.79 Å². The number of benzene rings is 2. The molecule has 2 N–H and O–H groups in total. The Morgan fingerprint density at radius 1 is 1.13 bits per heavy atom. The number of ether oxygens (including phenoxy) is 1. The molecule has 5 rings (SSSR count). The van der Waals surface area contributed by atoms with E-state index in [1.807, 2.05) is 6.07 Å². The number of carbonyl (C=O) groups excluding carboxylic acids is 1. The molecule has 0 radical (unpaired) electrons. The average Bonchev–Trinajstić information content (AvgIpc) is 3.15. The highest BCUT2D eigenvalue weighted by Gasteiger charge is 2.42. The van der Waals surface area contributed by atoms with E-state index in [9.17, 15) is 9.59 Å². The fourth-order valence-electron chi connectivity index (χ4n) is 3.85. The van der Waals surface area contributed by atoms with Gasteiger partial charge in [-0.1, -0.05) is 29.3 Å². The molecular formula is C22H15Cl2N3O4. The molecule has 1 aliphatic rings. The van der Waals surface area contributed by atoms with Crippen LogP contribution in [-0.2, 0) is 5.54 Å². The summed E-state index contributed by atoms with van der Waals surface area (Å²) in [5.74, 6) is -0.370. The Morgan fingerprint density at radius 3 is 2.84 bits per heavy atom. The van der Waals surface area contributed by atoms with Gasteiger partial charge in [-0.2, -0.15) is 0 Å². The Bertz CT molecular complexity index is 1380. The van der Waals surface area contributed by atoms with Gasteiger partial charge < -0.3 is 14.5 Å². The summed E-state index contributed by atoms with van der Waals surface area (Å²) in [6.07, 6.45) is 2.08. The highest BCUT2D eigenvalue weighted by Crippen LogP contribution is 2.42. The molecule has 0 aliphatic carbocycles. The highest BCUT2D eigenvalue weighted by atomic mass is 35.5. The summed E-state index contributed by atoms with van der Waals surface area (Å²) < 4.78 is 10.9. The lowest BCUT2D eigenvalue weighted by molar-refractivity contribution is 0.0883. The van der Waals surface area contributed by atoms with E-state index in [1.165, 1.54) is 6.07 Å². The van der Waals surface area contributed by atoms with Crippen molar-refractivity contribution in [3.05, 3.63) is 92.1 Å². The minimum Gasteiger partial charge on any atom is -0.491 e. The fraction of sp³-hybridized carbons (Fsp3) is 0.136. The van der Waals surface area contributed by atoms with Crippen LogP contribution in [0, 0.1) is 0 Å². The third-order valence-corrected chi connectivity index (χ3v) is 6.07. The number of H-pyrrole nitrogens is 1. The molecule has 0 fully saturated rings. The summed E-state index contributed by atoms with van der Waals surface area (Å²) in [4.78, 5) is 31.9. The number of aromatic amines is 1. The number of aromatic nitrogens is 2. The summed E-state index contributed by atoms with van der Waals surface area (Å²) in [5, 5.41) is 3.90. The van der Waals surface area contributed by atoms with Gasteiger partial charge in [-0.3, -0.25) is 14.8 Å². The maximum absolute atomic E-state index is 13.3. The number of halogens is 2. The molecule has 1 aliphatic heterocycles. The van der Waals surface area contributed by atoms with E-state index in [2.05, 4.69) is 15.3 Å². The summed E-state index contributed by atoms with van der Waals surface area (Å²) >= 11 is 12.4. The van der Waals surface area contributed by atoms with Crippen molar-refractivity contribution >= 4 is 40.2 Å². The third-order valence-electron chi connectivity index (χ3n) is 5.33. The van der Waals surface area contributed by atoms with Gasteiger partial charge in [0, 0.05) is 18.2 Å². The molecule has 0 spiro atoms. The molecule has 0 saturated heterocycles. The Balaban J connectivity index is 1.63. The standard InChI is InChI=1S/C22H15Cl2N3O4/c23-14-5-4-13(11-15(14)24)22(7-9-30-17-2-1-8-25-19(17)22)27-20(28)12-3-6-16-18(10-12)31-21(29)26-16/h1-6,8,10-11H,7,9H2,(H,26,29)(H,27,28)/t22-/m0/s1. The van der Waals surface area contributed by atoms with E-state index in [1.54, 1.807) is 42.6 Å². The van der Waals surface area contributed by atoms with Crippen LogP contribution in [0.1, 0.15) is 28.0 Å². The van der Waals surface area contributed by atoms with E-state index in [0.717, 1.165) is 5.56 Å². The quantitative estimate of drug-likeness (QED) is 0.480. The van der Waals surface area contributed by atoms with Crippen molar-refractivity contribution in [2.45, 2.75) is 12.0 Å². The number of hydrogen-bond acceptors (Lipinski definition) is 5. The largest absolute Gasteiger partial charge is 0.491 e. The normalized spacial score (nSPS) is 17.7. The molecule has 0 saturated carbocycles. The van der Waals surface area contributed by atoms with Crippen LogP contribution in [0.4, 0.5) is 0 Å². The predicted molar refractivity (Wildman–Crippen MR) is 116 cm³/mol. The first kappa shape index (κ1) is 19.7. The number of fused-ring (bicyclic) bond motifs is 2. The molecule has 7 nitrogen and oxygen atoms in total. The SMILES string of the molecule is O=C(N[C@]1(c2ccc(Cl)c(Cl)c2)CCOc2cccnc21)c1ccc2[nH]c(=O)oc2c1. The van der Waals surface area contributed by atoms with Gasteiger partial charge >= 0.3 is 5.76 Å². The topological polar surface area (TPSA) is 97.2 Å². The molecule has 9 heteroatoms. The van der Waals surface area contributed by atoms with E-state index in [-0.39, 0.29) is 5.91 Å². The Hall–Kier alpha value is -3.29. The van der Waals surface area contributed by atoms with E-state index in [0.29, 0.717) is 51.2 Å². The number of nitrogens with one attached hydrogen (secondary N) is 2. The number of amides is 1. The van der Waals surface area contributed by atoms with Crippen molar-refractivity contribution < 1.29 is 13.9 Å². The Kier molecular flexibility index (Phi) is 4.72. The molecule has 156 valence electrons. The molecule has 2 aromatic carbocycles. The number of pyridine rings is 1. The third kappa shape index (κ3) is 3.36. The smallest absolute Gasteiger partial charge is 0.417 e. The zero-order valence-corrected chi connectivity index (χ0v) is 17.5. The van der Waals surface area contributed by atoms with Gasteiger partial charge in [-0.05, 0) is 48.0 Å². The van der Waals surface area contributed by atoms with Gasteiger partial charge in [0.1, 0.15) is 17.0 Å². The Morgan fingerprint density at radius 2 is 2.00 bits per heavy atom. The summed E-state index contributed by atoms with van der Waals surface area (Å²) in [6.45, 7) is 0.366. The van der Waals surface area contributed by atoms with E-state index < -0.39 is 11.3 Å². The van der Waals surface area contributed by atoms with Crippen LogP contribution in [0.5, 0.6) is 5.75 Å². The van der Waals surface area contributed by atoms with Crippen molar-refractivity contribution in [1.29, 1.82) is 0 Å². The van der Waals surface area contributed by atoms with Crippen LogP contribution in [0.2, 0.25) is 10.0 Å². The van der Waals surface area contributed by atoms with Crippen LogP contribution in [0.25, 0.3) is 11.1 Å². The lowest BCUT2D eigenvalue weighted by Crippen LogP contribution is -2.50. The lowest BCUT2D eigenvalue weighted by atomic mass is 9.81. The molecule has 4 aromatic rings. The lowest BCUT2D eigenvalue weighted by Gasteiger charge is -2.39. The number of hydrogen-bond donors (Lipinski definition) is 2. The number of rotatable bonds is 3. The molecule has 3 heterocycles. The van der Waals surface area contributed by atoms with Gasteiger partial charge in [-0.15, -0.1) is 0 Å². The zero-order valence-electron chi connectivity index (χ0n) is 15.9. The predicted octanol–water partition coefficient (Wildman–Crippen LogP) is 4.28.